The Bertz CT molecular complexity index is 713. The lowest BCUT2D eigenvalue weighted by molar-refractivity contribution is 0.0927. The van der Waals surface area contributed by atoms with Gasteiger partial charge >= 0.3 is 0 Å². The fraction of sp³-hybridized carbons (Fsp3) is 0.526. The van der Waals surface area contributed by atoms with Crippen LogP contribution < -0.4 is 10.1 Å². The standard InChI is InChI=1S/C19H27N5O2/c1-3-11-26-18-6-5-15(12-20-18)13-23-10-8-16(14-23)22-19(25)17-7-9-21-24(17)4-2/h5-7,9,12,16H,3-4,8,10-11,13-14H2,1-2H3,(H,22,25). The van der Waals surface area contributed by atoms with E-state index in [0.29, 0.717) is 24.7 Å². The minimum absolute atomic E-state index is 0.0460. The number of likely N-dealkylation sites (tertiary alicyclic amines) is 1. The molecule has 1 N–H and O–H groups in total. The number of hydrogen-bond donors (Lipinski definition) is 1. The van der Waals surface area contributed by atoms with Crippen LogP contribution in [0.5, 0.6) is 5.88 Å². The van der Waals surface area contributed by atoms with Crippen molar-refractivity contribution in [1.29, 1.82) is 0 Å². The van der Waals surface area contributed by atoms with Gasteiger partial charge in [0.2, 0.25) is 5.88 Å². The first-order valence-electron chi connectivity index (χ1n) is 9.32. The molecule has 1 aliphatic rings. The van der Waals surface area contributed by atoms with E-state index in [9.17, 15) is 4.79 Å². The molecule has 0 aliphatic carbocycles. The summed E-state index contributed by atoms with van der Waals surface area (Å²) in [6.07, 6.45) is 5.47. The quantitative estimate of drug-likeness (QED) is 0.783. The molecule has 26 heavy (non-hydrogen) atoms. The maximum Gasteiger partial charge on any atom is 0.269 e. The number of amides is 1. The van der Waals surface area contributed by atoms with E-state index in [0.717, 1.165) is 38.0 Å². The molecule has 3 heterocycles. The number of ether oxygens (including phenoxy) is 1. The summed E-state index contributed by atoms with van der Waals surface area (Å²) in [7, 11) is 0. The molecule has 0 aromatic carbocycles. The van der Waals surface area contributed by atoms with Crippen LogP contribution in [0.4, 0.5) is 0 Å². The number of aryl methyl sites for hydroxylation is 1. The molecular weight excluding hydrogens is 330 g/mol. The van der Waals surface area contributed by atoms with Gasteiger partial charge in [-0.2, -0.15) is 5.10 Å². The summed E-state index contributed by atoms with van der Waals surface area (Å²) in [4.78, 5) is 19.1. The van der Waals surface area contributed by atoms with Crippen molar-refractivity contribution in [2.24, 2.45) is 0 Å². The molecule has 3 rings (SSSR count). The monoisotopic (exact) mass is 357 g/mol. The van der Waals surface area contributed by atoms with Crippen molar-refractivity contribution in [3.8, 4) is 5.88 Å². The number of nitrogens with zero attached hydrogens (tertiary/aromatic N) is 4. The van der Waals surface area contributed by atoms with Crippen LogP contribution in [0, 0.1) is 0 Å². The normalized spacial score (nSPS) is 17.4. The molecule has 140 valence electrons. The van der Waals surface area contributed by atoms with Gasteiger partial charge in [0.25, 0.3) is 5.91 Å². The predicted octanol–water partition coefficient (Wildman–Crippen LogP) is 2.09. The van der Waals surface area contributed by atoms with Crippen LogP contribution in [0.1, 0.15) is 42.7 Å². The van der Waals surface area contributed by atoms with Crippen LogP contribution in [-0.2, 0) is 13.1 Å². The molecule has 0 saturated carbocycles. The van der Waals surface area contributed by atoms with E-state index in [2.05, 4.69) is 33.3 Å². The molecule has 1 fully saturated rings. The van der Waals surface area contributed by atoms with E-state index in [1.807, 2.05) is 19.2 Å². The van der Waals surface area contributed by atoms with Crippen molar-refractivity contribution in [2.75, 3.05) is 19.7 Å². The lowest BCUT2D eigenvalue weighted by Crippen LogP contribution is -2.38. The van der Waals surface area contributed by atoms with Crippen molar-refractivity contribution in [1.82, 2.24) is 25.0 Å². The van der Waals surface area contributed by atoms with Crippen LogP contribution in [0.3, 0.4) is 0 Å². The molecule has 0 bridgehead atoms. The van der Waals surface area contributed by atoms with Crippen LogP contribution in [0.25, 0.3) is 0 Å². The zero-order chi connectivity index (χ0) is 18.4. The summed E-state index contributed by atoms with van der Waals surface area (Å²) >= 11 is 0. The smallest absolute Gasteiger partial charge is 0.269 e. The van der Waals surface area contributed by atoms with Crippen molar-refractivity contribution in [3.63, 3.8) is 0 Å². The van der Waals surface area contributed by atoms with Gasteiger partial charge in [0, 0.05) is 50.7 Å². The average molecular weight is 357 g/mol. The summed E-state index contributed by atoms with van der Waals surface area (Å²) < 4.78 is 7.23. The second-order valence-electron chi connectivity index (χ2n) is 6.58. The maximum atomic E-state index is 12.4. The zero-order valence-corrected chi connectivity index (χ0v) is 15.5. The fourth-order valence-electron chi connectivity index (χ4n) is 3.19. The number of nitrogens with one attached hydrogen (secondary N) is 1. The molecule has 2 aromatic rings. The predicted molar refractivity (Wildman–Crippen MR) is 99.1 cm³/mol. The number of rotatable bonds is 8. The van der Waals surface area contributed by atoms with Gasteiger partial charge in [-0.05, 0) is 31.4 Å². The van der Waals surface area contributed by atoms with Gasteiger partial charge in [-0.25, -0.2) is 4.98 Å². The van der Waals surface area contributed by atoms with Gasteiger partial charge in [-0.3, -0.25) is 14.4 Å². The lowest BCUT2D eigenvalue weighted by Gasteiger charge is -2.17. The Morgan fingerprint density at radius 1 is 1.35 bits per heavy atom. The molecule has 1 unspecified atom stereocenters. The fourth-order valence-corrected chi connectivity index (χ4v) is 3.19. The van der Waals surface area contributed by atoms with Crippen molar-refractivity contribution in [2.45, 2.75) is 45.8 Å². The molecule has 2 aromatic heterocycles. The Labute approximate surface area is 154 Å². The molecule has 1 atom stereocenters. The van der Waals surface area contributed by atoms with Gasteiger partial charge in [-0.15, -0.1) is 0 Å². The topological polar surface area (TPSA) is 72.3 Å². The highest BCUT2D eigenvalue weighted by Crippen LogP contribution is 2.15. The van der Waals surface area contributed by atoms with Gasteiger partial charge in [0.1, 0.15) is 5.69 Å². The highest BCUT2D eigenvalue weighted by atomic mass is 16.5. The Kier molecular flexibility index (Phi) is 6.22. The summed E-state index contributed by atoms with van der Waals surface area (Å²) in [6.45, 7) is 8.08. The maximum absolute atomic E-state index is 12.4. The lowest BCUT2D eigenvalue weighted by atomic mass is 10.2. The minimum atomic E-state index is -0.0460. The van der Waals surface area contributed by atoms with E-state index >= 15 is 0 Å². The van der Waals surface area contributed by atoms with E-state index in [1.165, 1.54) is 0 Å². The zero-order valence-electron chi connectivity index (χ0n) is 15.5. The molecule has 0 spiro atoms. The third kappa shape index (κ3) is 4.60. The summed E-state index contributed by atoms with van der Waals surface area (Å²) in [5, 5.41) is 7.28. The van der Waals surface area contributed by atoms with Crippen LogP contribution >= 0.6 is 0 Å². The minimum Gasteiger partial charge on any atom is -0.478 e. The second kappa shape index (κ2) is 8.80. The highest BCUT2D eigenvalue weighted by Gasteiger charge is 2.25. The Hall–Kier alpha value is -2.41. The van der Waals surface area contributed by atoms with Crippen LogP contribution in [-0.4, -0.2) is 51.3 Å². The summed E-state index contributed by atoms with van der Waals surface area (Å²) in [5.74, 6) is 0.630. The molecule has 7 nitrogen and oxygen atoms in total. The van der Waals surface area contributed by atoms with Gasteiger partial charge < -0.3 is 10.1 Å². The third-order valence-corrected chi connectivity index (χ3v) is 4.51. The van der Waals surface area contributed by atoms with E-state index in [4.69, 9.17) is 4.74 Å². The molecule has 1 amide bonds. The van der Waals surface area contributed by atoms with E-state index in [-0.39, 0.29) is 11.9 Å². The first-order valence-corrected chi connectivity index (χ1v) is 9.32. The number of aromatic nitrogens is 3. The first kappa shape index (κ1) is 18.4. The summed E-state index contributed by atoms with van der Waals surface area (Å²) in [5.41, 5.74) is 1.78. The SMILES string of the molecule is CCCOc1ccc(CN2CCC(NC(=O)c3ccnn3CC)C2)cn1. The molecule has 1 aliphatic heterocycles. The molecule has 0 radical (unpaired) electrons. The van der Waals surface area contributed by atoms with Crippen LogP contribution in [0.15, 0.2) is 30.6 Å². The van der Waals surface area contributed by atoms with Crippen molar-refractivity contribution < 1.29 is 9.53 Å². The Morgan fingerprint density at radius 3 is 2.96 bits per heavy atom. The summed E-state index contributed by atoms with van der Waals surface area (Å²) in [6, 6.07) is 5.91. The van der Waals surface area contributed by atoms with Crippen molar-refractivity contribution >= 4 is 5.91 Å². The first-order chi connectivity index (χ1) is 12.7. The Morgan fingerprint density at radius 2 is 2.23 bits per heavy atom. The third-order valence-electron chi connectivity index (χ3n) is 4.51. The largest absolute Gasteiger partial charge is 0.478 e. The van der Waals surface area contributed by atoms with Gasteiger partial charge in [-0.1, -0.05) is 13.0 Å². The molecule has 7 heteroatoms. The number of pyridine rings is 1. The molecular formula is C19H27N5O2. The van der Waals surface area contributed by atoms with E-state index in [1.54, 1.807) is 16.9 Å². The number of hydrogen-bond acceptors (Lipinski definition) is 5. The van der Waals surface area contributed by atoms with Gasteiger partial charge in [0.15, 0.2) is 0 Å². The second-order valence-corrected chi connectivity index (χ2v) is 6.58. The average Bonchev–Trinajstić information content (AvgIpc) is 3.30. The van der Waals surface area contributed by atoms with Crippen LogP contribution in [0.2, 0.25) is 0 Å². The molecule has 1 saturated heterocycles. The number of carbonyl (C=O) groups is 1. The van der Waals surface area contributed by atoms with Crippen molar-refractivity contribution in [3.05, 3.63) is 41.9 Å². The Balaban J connectivity index is 1.48. The van der Waals surface area contributed by atoms with E-state index < -0.39 is 0 Å². The highest BCUT2D eigenvalue weighted by molar-refractivity contribution is 5.92. The van der Waals surface area contributed by atoms with Gasteiger partial charge in [0.05, 0.1) is 6.61 Å². The number of carbonyl (C=O) groups excluding carboxylic acids is 1.